The van der Waals surface area contributed by atoms with Gasteiger partial charge < -0.3 is 4.57 Å². The van der Waals surface area contributed by atoms with Crippen molar-refractivity contribution in [3.63, 3.8) is 0 Å². The van der Waals surface area contributed by atoms with Gasteiger partial charge in [-0.15, -0.1) is 0 Å². The number of aromatic nitrogens is 1. The van der Waals surface area contributed by atoms with E-state index < -0.39 is 0 Å². The van der Waals surface area contributed by atoms with Crippen molar-refractivity contribution in [1.29, 1.82) is 5.26 Å². The summed E-state index contributed by atoms with van der Waals surface area (Å²) in [5, 5.41) is 9.86. The monoisotopic (exact) mass is 260 g/mol. The van der Waals surface area contributed by atoms with Gasteiger partial charge in [-0.2, -0.15) is 5.26 Å². The van der Waals surface area contributed by atoms with Gasteiger partial charge in [0.25, 0.3) is 0 Å². The van der Waals surface area contributed by atoms with Crippen LogP contribution in [0.5, 0.6) is 0 Å². The van der Waals surface area contributed by atoms with Crippen LogP contribution in [0.4, 0.5) is 0 Å². The van der Waals surface area contributed by atoms with E-state index in [0.29, 0.717) is 17.7 Å². The van der Waals surface area contributed by atoms with Gasteiger partial charge in [0.2, 0.25) is 0 Å². The van der Waals surface area contributed by atoms with Crippen LogP contribution in [0.2, 0.25) is 0 Å². The molecule has 0 unspecified atom stereocenters. The molecule has 20 heavy (non-hydrogen) atoms. The third-order valence-corrected chi connectivity index (χ3v) is 3.38. The van der Waals surface area contributed by atoms with E-state index in [1.54, 1.807) is 0 Å². The predicted molar refractivity (Wildman–Crippen MR) is 77.6 cm³/mol. The SMILES string of the molecule is N#Cc1ccc(Cn2ccc3cccc(C=O)c32)cc1. The van der Waals surface area contributed by atoms with Gasteiger partial charge in [-0.05, 0) is 29.8 Å². The maximum atomic E-state index is 11.2. The van der Waals surface area contributed by atoms with Crippen LogP contribution in [0.25, 0.3) is 10.9 Å². The molecular weight excluding hydrogens is 248 g/mol. The summed E-state index contributed by atoms with van der Waals surface area (Å²) < 4.78 is 2.06. The number of aldehydes is 1. The lowest BCUT2D eigenvalue weighted by atomic mass is 10.1. The molecule has 0 bridgehead atoms. The second-order valence-corrected chi connectivity index (χ2v) is 4.66. The van der Waals surface area contributed by atoms with E-state index in [-0.39, 0.29) is 0 Å². The number of carbonyl (C=O) groups is 1. The van der Waals surface area contributed by atoms with E-state index >= 15 is 0 Å². The number of nitrogens with zero attached hydrogens (tertiary/aromatic N) is 2. The van der Waals surface area contributed by atoms with Crippen LogP contribution >= 0.6 is 0 Å². The molecule has 1 heterocycles. The summed E-state index contributed by atoms with van der Waals surface area (Å²) in [5.41, 5.74) is 3.40. The summed E-state index contributed by atoms with van der Waals surface area (Å²) in [6.45, 7) is 0.681. The summed E-state index contributed by atoms with van der Waals surface area (Å²) in [7, 11) is 0. The van der Waals surface area contributed by atoms with Crippen molar-refractivity contribution in [1.82, 2.24) is 4.57 Å². The van der Waals surface area contributed by atoms with Crippen molar-refractivity contribution >= 4 is 17.2 Å². The molecule has 0 saturated carbocycles. The molecule has 96 valence electrons. The number of nitriles is 1. The van der Waals surface area contributed by atoms with E-state index in [1.165, 1.54) is 0 Å². The Hall–Kier alpha value is -2.86. The van der Waals surface area contributed by atoms with Crippen LogP contribution in [0.1, 0.15) is 21.5 Å². The minimum absolute atomic E-state index is 0.652. The molecule has 0 spiro atoms. The molecule has 0 fully saturated rings. The standard InChI is InChI=1S/C17H12N2O/c18-10-13-4-6-14(7-5-13)11-19-9-8-15-2-1-3-16(12-20)17(15)19/h1-9,12H,11H2. The lowest BCUT2D eigenvalue weighted by Gasteiger charge is -2.07. The topological polar surface area (TPSA) is 45.8 Å². The minimum atomic E-state index is 0.652. The normalized spacial score (nSPS) is 10.3. The van der Waals surface area contributed by atoms with Crippen molar-refractivity contribution in [2.45, 2.75) is 6.54 Å². The molecule has 3 rings (SSSR count). The van der Waals surface area contributed by atoms with Gasteiger partial charge >= 0.3 is 0 Å². The molecule has 1 aromatic heterocycles. The molecule has 3 heteroatoms. The number of rotatable bonds is 3. The van der Waals surface area contributed by atoms with Gasteiger partial charge in [0, 0.05) is 23.7 Å². The molecule has 0 radical (unpaired) electrons. The van der Waals surface area contributed by atoms with Crippen molar-refractivity contribution < 1.29 is 4.79 Å². The lowest BCUT2D eigenvalue weighted by molar-refractivity contribution is 0.112. The third kappa shape index (κ3) is 2.08. The quantitative estimate of drug-likeness (QED) is 0.678. The molecular formula is C17H12N2O. The highest BCUT2D eigenvalue weighted by molar-refractivity contribution is 5.96. The number of carbonyl (C=O) groups excluding carboxylic acids is 1. The molecule has 0 aliphatic heterocycles. The molecule has 0 saturated heterocycles. The Morgan fingerprint density at radius 2 is 1.90 bits per heavy atom. The average Bonchev–Trinajstić information content (AvgIpc) is 2.91. The summed E-state index contributed by atoms with van der Waals surface area (Å²) in [6, 6.07) is 17.3. The number of hydrogen-bond acceptors (Lipinski definition) is 2. The highest BCUT2D eigenvalue weighted by Gasteiger charge is 2.06. The number of para-hydroxylation sites is 1. The molecule has 0 N–H and O–H groups in total. The number of benzene rings is 2. The number of hydrogen-bond donors (Lipinski definition) is 0. The fourth-order valence-electron chi connectivity index (χ4n) is 2.40. The first-order valence-electron chi connectivity index (χ1n) is 6.34. The zero-order valence-corrected chi connectivity index (χ0v) is 10.8. The van der Waals surface area contributed by atoms with Gasteiger partial charge in [0.05, 0.1) is 17.1 Å². The van der Waals surface area contributed by atoms with Gasteiger partial charge in [-0.25, -0.2) is 0 Å². The predicted octanol–water partition coefficient (Wildman–Crippen LogP) is 3.37. The van der Waals surface area contributed by atoms with Gasteiger partial charge in [-0.3, -0.25) is 4.79 Å². The average molecular weight is 260 g/mol. The smallest absolute Gasteiger partial charge is 0.152 e. The lowest BCUT2D eigenvalue weighted by Crippen LogP contribution is -2.00. The van der Waals surface area contributed by atoms with Crippen molar-refractivity contribution in [2.24, 2.45) is 0 Å². The van der Waals surface area contributed by atoms with Crippen molar-refractivity contribution in [2.75, 3.05) is 0 Å². The molecule has 0 amide bonds. The maximum Gasteiger partial charge on any atom is 0.152 e. The first-order chi connectivity index (χ1) is 9.81. The van der Waals surface area contributed by atoms with E-state index in [2.05, 4.69) is 10.6 Å². The Morgan fingerprint density at radius 1 is 1.10 bits per heavy atom. The molecule has 2 aromatic carbocycles. The summed E-state index contributed by atoms with van der Waals surface area (Å²) in [5.74, 6) is 0. The second kappa shape index (κ2) is 5.02. The molecule has 0 aliphatic rings. The second-order valence-electron chi connectivity index (χ2n) is 4.66. The minimum Gasteiger partial charge on any atom is -0.342 e. The number of fused-ring (bicyclic) bond motifs is 1. The Morgan fingerprint density at radius 3 is 2.60 bits per heavy atom. The Kier molecular flexibility index (Phi) is 3.06. The largest absolute Gasteiger partial charge is 0.342 e. The zero-order chi connectivity index (χ0) is 13.9. The van der Waals surface area contributed by atoms with Crippen LogP contribution in [0, 0.1) is 11.3 Å². The van der Waals surface area contributed by atoms with Gasteiger partial charge in [-0.1, -0.05) is 24.3 Å². The Balaban J connectivity index is 2.02. The molecule has 0 atom stereocenters. The fourth-order valence-corrected chi connectivity index (χ4v) is 2.40. The van der Waals surface area contributed by atoms with Crippen LogP contribution in [-0.4, -0.2) is 10.9 Å². The fraction of sp³-hybridized carbons (Fsp3) is 0.0588. The van der Waals surface area contributed by atoms with Gasteiger partial charge in [0.1, 0.15) is 0 Å². The Bertz CT molecular complexity index is 807. The van der Waals surface area contributed by atoms with Crippen molar-refractivity contribution in [3.8, 4) is 6.07 Å². The zero-order valence-electron chi connectivity index (χ0n) is 10.8. The summed E-state index contributed by atoms with van der Waals surface area (Å²) in [6.07, 6.45) is 2.87. The maximum absolute atomic E-state index is 11.2. The van der Waals surface area contributed by atoms with E-state index in [1.807, 2.05) is 54.7 Å². The van der Waals surface area contributed by atoms with Crippen LogP contribution in [0.15, 0.2) is 54.7 Å². The molecule has 3 aromatic rings. The molecule has 3 nitrogen and oxygen atoms in total. The van der Waals surface area contributed by atoms with E-state index in [9.17, 15) is 4.79 Å². The Labute approximate surface area is 116 Å². The van der Waals surface area contributed by atoms with Crippen LogP contribution < -0.4 is 0 Å². The first-order valence-corrected chi connectivity index (χ1v) is 6.34. The highest BCUT2D eigenvalue weighted by atomic mass is 16.1. The highest BCUT2D eigenvalue weighted by Crippen LogP contribution is 2.20. The van der Waals surface area contributed by atoms with Gasteiger partial charge in [0.15, 0.2) is 6.29 Å². The summed E-state index contributed by atoms with van der Waals surface area (Å²) in [4.78, 5) is 11.2. The van der Waals surface area contributed by atoms with E-state index in [0.717, 1.165) is 22.8 Å². The molecule has 0 aliphatic carbocycles. The van der Waals surface area contributed by atoms with Crippen LogP contribution in [-0.2, 0) is 6.54 Å². The van der Waals surface area contributed by atoms with E-state index in [4.69, 9.17) is 5.26 Å². The van der Waals surface area contributed by atoms with Crippen molar-refractivity contribution in [3.05, 3.63) is 71.4 Å². The first kappa shape index (κ1) is 12.2. The summed E-state index contributed by atoms with van der Waals surface area (Å²) >= 11 is 0. The van der Waals surface area contributed by atoms with Crippen LogP contribution in [0.3, 0.4) is 0 Å². The third-order valence-electron chi connectivity index (χ3n) is 3.38.